The Kier molecular flexibility index (Phi) is 5.55. The fraction of sp³-hybridized carbons (Fsp3) is 0.421. The molecule has 26 heavy (non-hydrogen) atoms. The van der Waals surface area contributed by atoms with E-state index in [1.807, 2.05) is 31.2 Å². The van der Waals surface area contributed by atoms with Crippen molar-refractivity contribution in [2.45, 2.75) is 26.3 Å². The van der Waals surface area contributed by atoms with E-state index in [0.29, 0.717) is 19.7 Å². The quantitative estimate of drug-likeness (QED) is 0.870. The van der Waals surface area contributed by atoms with Gasteiger partial charge in [-0.3, -0.25) is 19.5 Å². The van der Waals surface area contributed by atoms with Gasteiger partial charge in [0.25, 0.3) is 11.1 Å². The van der Waals surface area contributed by atoms with Gasteiger partial charge in [-0.1, -0.05) is 17.7 Å². The molecule has 0 bridgehead atoms. The summed E-state index contributed by atoms with van der Waals surface area (Å²) in [6.45, 7) is 3.68. The Morgan fingerprint density at radius 3 is 2.73 bits per heavy atom. The number of carbonyl (C=O) groups is 1. The van der Waals surface area contributed by atoms with Crippen LogP contribution in [0.2, 0.25) is 0 Å². The standard InChI is InChI=1S/C19H23N3O4/c1-14-4-6-16(7-5-14)26-13-15-3-2-10-21(11-15)19(25)12-22-18(24)9-8-17(23)20-22/h4-9,15H,2-3,10-13H2,1H3,(H,20,23). The molecule has 2 heterocycles. The van der Waals surface area contributed by atoms with Gasteiger partial charge in [-0.2, -0.15) is 0 Å². The number of H-pyrrole nitrogens is 1. The van der Waals surface area contributed by atoms with E-state index in [0.717, 1.165) is 29.3 Å². The number of nitrogens with one attached hydrogen (secondary N) is 1. The second-order valence-corrected chi connectivity index (χ2v) is 6.71. The normalized spacial score (nSPS) is 17.1. The molecule has 1 aliphatic heterocycles. The highest BCUT2D eigenvalue weighted by Gasteiger charge is 2.24. The third-order valence-electron chi connectivity index (χ3n) is 4.56. The largest absolute Gasteiger partial charge is 0.493 e. The molecule has 1 atom stereocenters. The fourth-order valence-electron chi connectivity index (χ4n) is 3.09. The van der Waals surface area contributed by atoms with Gasteiger partial charge in [0.2, 0.25) is 5.91 Å². The SMILES string of the molecule is Cc1ccc(OCC2CCCN(C(=O)Cn3[nH]c(=O)ccc3=O)C2)cc1. The number of amides is 1. The van der Waals surface area contributed by atoms with Crippen LogP contribution >= 0.6 is 0 Å². The van der Waals surface area contributed by atoms with Crippen molar-refractivity contribution in [1.82, 2.24) is 14.7 Å². The Bertz CT molecular complexity index is 869. The maximum Gasteiger partial charge on any atom is 0.265 e. The van der Waals surface area contributed by atoms with Crippen molar-refractivity contribution in [3.05, 3.63) is 62.7 Å². The molecule has 0 spiro atoms. The number of ether oxygens (including phenoxy) is 1. The number of carbonyl (C=O) groups excluding carboxylic acids is 1. The van der Waals surface area contributed by atoms with Crippen LogP contribution in [0.5, 0.6) is 5.75 Å². The summed E-state index contributed by atoms with van der Waals surface area (Å²) in [5.74, 6) is 0.905. The minimum Gasteiger partial charge on any atom is -0.493 e. The maximum atomic E-state index is 12.5. The Hall–Kier alpha value is -2.83. The summed E-state index contributed by atoms with van der Waals surface area (Å²) >= 11 is 0. The first-order chi connectivity index (χ1) is 12.5. The Labute approximate surface area is 151 Å². The van der Waals surface area contributed by atoms with Gasteiger partial charge in [0.1, 0.15) is 12.3 Å². The molecule has 0 aliphatic carbocycles. The van der Waals surface area contributed by atoms with Crippen molar-refractivity contribution >= 4 is 5.91 Å². The van der Waals surface area contributed by atoms with Crippen molar-refractivity contribution in [3.63, 3.8) is 0 Å². The molecule has 1 saturated heterocycles. The van der Waals surface area contributed by atoms with Crippen LogP contribution in [-0.4, -0.2) is 40.3 Å². The van der Waals surface area contributed by atoms with Crippen LogP contribution in [0.1, 0.15) is 18.4 Å². The zero-order valence-electron chi connectivity index (χ0n) is 14.8. The van der Waals surface area contributed by atoms with Crippen molar-refractivity contribution in [2.75, 3.05) is 19.7 Å². The highest BCUT2D eigenvalue weighted by Crippen LogP contribution is 2.19. The smallest absolute Gasteiger partial charge is 0.265 e. The molecule has 1 unspecified atom stereocenters. The van der Waals surface area contributed by atoms with Crippen LogP contribution < -0.4 is 15.9 Å². The lowest BCUT2D eigenvalue weighted by atomic mass is 9.99. The van der Waals surface area contributed by atoms with Crippen LogP contribution in [0.4, 0.5) is 0 Å². The first-order valence-electron chi connectivity index (χ1n) is 8.79. The first kappa shape index (κ1) is 18.0. The molecule has 1 amide bonds. The molecular weight excluding hydrogens is 334 g/mol. The van der Waals surface area contributed by atoms with Gasteiger partial charge in [0.15, 0.2) is 0 Å². The fourth-order valence-corrected chi connectivity index (χ4v) is 3.09. The Balaban J connectivity index is 1.56. The van der Waals surface area contributed by atoms with Crippen molar-refractivity contribution in [2.24, 2.45) is 5.92 Å². The van der Waals surface area contributed by atoms with Gasteiger partial charge >= 0.3 is 0 Å². The van der Waals surface area contributed by atoms with Gasteiger partial charge in [0.05, 0.1) is 6.61 Å². The van der Waals surface area contributed by atoms with Crippen molar-refractivity contribution in [3.8, 4) is 5.75 Å². The van der Waals surface area contributed by atoms with Crippen LogP contribution in [-0.2, 0) is 11.3 Å². The lowest BCUT2D eigenvalue weighted by molar-refractivity contribution is -0.134. The molecule has 7 nitrogen and oxygen atoms in total. The minimum absolute atomic E-state index is 0.152. The number of likely N-dealkylation sites (tertiary alicyclic amines) is 1. The third-order valence-corrected chi connectivity index (χ3v) is 4.56. The molecule has 2 aromatic rings. The molecule has 7 heteroatoms. The second-order valence-electron chi connectivity index (χ2n) is 6.71. The molecule has 1 aromatic heterocycles. The lowest BCUT2D eigenvalue weighted by Crippen LogP contribution is -2.44. The number of aryl methyl sites for hydroxylation is 1. The summed E-state index contributed by atoms with van der Waals surface area (Å²) in [4.78, 5) is 37.3. The van der Waals surface area contributed by atoms with E-state index in [2.05, 4.69) is 5.10 Å². The number of benzene rings is 1. The zero-order chi connectivity index (χ0) is 18.5. The summed E-state index contributed by atoms with van der Waals surface area (Å²) in [7, 11) is 0. The summed E-state index contributed by atoms with van der Waals surface area (Å²) in [5.41, 5.74) is 0.385. The number of piperidine rings is 1. The minimum atomic E-state index is -0.402. The van der Waals surface area contributed by atoms with Gasteiger partial charge in [0, 0.05) is 31.1 Å². The van der Waals surface area contributed by atoms with E-state index in [-0.39, 0.29) is 18.4 Å². The Morgan fingerprint density at radius 2 is 1.96 bits per heavy atom. The van der Waals surface area contributed by atoms with Crippen LogP contribution in [0, 0.1) is 12.8 Å². The van der Waals surface area contributed by atoms with Gasteiger partial charge in [-0.05, 0) is 31.9 Å². The zero-order valence-corrected chi connectivity index (χ0v) is 14.8. The molecule has 1 N–H and O–H groups in total. The van der Waals surface area contributed by atoms with Gasteiger partial charge in [-0.25, -0.2) is 4.68 Å². The van der Waals surface area contributed by atoms with Gasteiger partial charge in [-0.15, -0.1) is 0 Å². The monoisotopic (exact) mass is 357 g/mol. The number of hydrogen-bond donors (Lipinski definition) is 1. The number of aromatic amines is 1. The summed E-state index contributed by atoms with van der Waals surface area (Å²) < 4.78 is 6.89. The van der Waals surface area contributed by atoms with Crippen LogP contribution in [0.3, 0.4) is 0 Å². The number of rotatable bonds is 5. The van der Waals surface area contributed by atoms with Crippen LogP contribution in [0.25, 0.3) is 0 Å². The van der Waals surface area contributed by atoms with Crippen molar-refractivity contribution in [1.29, 1.82) is 0 Å². The van der Waals surface area contributed by atoms with Crippen molar-refractivity contribution < 1.29 is 9.53 Å². The average molecular weight is 357 g/mol. The number of aromatic nitrogens is 2. The van der Waals surface area contributed by atoms with E-state index < -0.39 is 11.1 Å². The van der Waals surface area contributed by atoms with Crippen LogP contribution in [0.15, 0.2) is 46.0 Å². The number of nitrogens with zero attached hydrogens (tertiary/aromatic N) is 2. The average Bonchev–Trinajstić information content (AvgIpc) is 2.64. The summed E-state index contributed by atoms with van der Waals surface area (Å²) in [5, 5.41) is 2.38. The topological polar surface area (TPSA) is 84.4 Å². The molecule has 138 valence electrons. The third kappa shape index (κ3) is 4.62. The highest BCUT2D eigenvalue weighted by molar-refractivity contribution is 5.76. The summed E-state index contributed by atoms with van der Waals surface area (Å²) in [6, 6.07) is 10.2. The maximum absolute atomic E-state index is 12.5. The molecule has 0 radical (unpaired) electrons. The highest BCUT2D eigenvalue weighted by atomic mass is 16.5. The molecular formula is C19H23N3O4. The lowest BCUT2D eigenvalue weighted by Gasteiger charge is -2.32. The molecule has 1 aromatic carbocycles. The molecule has 0 saturated carbocycles. The summed E-state index contributed by atoms with van der Waals surface area (Å²) in [6.07, 6.45) is 1.89. The molecule has 1 fully saturated rings. The first-order valence-corrected chi connectivity index (χ1v) is 8.79. The van der Waals surface area contributed by atoms with E-state index in [4.69, 9.17) is 4.74 Å². The van der Waals surface area contributed by atoms with E-state index >= 15 is 0 Å². The van der Waals surface area contributed by atoms with E-state index in [9.17, 15) is 14.4 Å². The predicted molar refractivity (Wildman–Crippen MR) is 97.3 cm³/mol. The Morgan fingerprint density at radius 1 is 1.19 bits per heavy atom. The number of hydrogen-bond acceptors (Lipinski definition) is 4. The van der Waals surface area contributed by atoms with E-state index in [1.165, 1.54) is 11.6 Å². The van der Waals surface area contributed by atoms with E-state index in [1.54, 1.807) is 4.90 Å². The predicted octanol–water partition coefficient (Wildman–Crippen LogP) is 1.16. The molecule has 1 aliphatic rings. The second kappa shape index (κ2) is 8.03. The van der Waals surface area contributed by atoms with Gasteiger partial charge < -0.3 is 9.64 Å². The molecule has 3 rings (SSSR count).